The molecule has 0 radical (unpaired) electrons. The molecule has 0 amide bonds. The molecule has 1 unspecified atom stereocenters. The number of carbonyl (C=O) groups excluding carboxylic acids is 1. The Morgan fingerprint density at radius 2 is 1.94 bits per heavy atom. The highest BCUT2D eigenvalue weighted by Crippen LogP contribution is 2.19. The van der Waals surface area contributed by atoms with Crippen LogP contribution in [0.3, 0.4) is 0 Å². The first-order valence-electron chi connectivity index (χ1n) is 4.62. The third-order valence-corrected chi connectivity index (χ3v) is 2.75. The number of aliphatic carboxylic acids is 1. The van der Waals surface area contributed by atoms with Crippen LogP contribution in [0.2, 0.25) is 0 Å². The molecule has 86 valence electrons. The Hall–Kier alpha value is -1.20. The van der Waals surface area contributed by atoms with Crippen molar-refractivity contribution in [2.45, 2.75) is 12.5 Å². The summed E-state index contributed by atoms with van der Waals surface area (Å²) in [6.45, 7) is 0. The van der Waals surface area contributed by atoms with Gasteiger partial charge in [0.2, 0.25) is 0 Å². The van der Waals surface area contributed by atoms with Gasteiger partial charge in [-0.05, 0) is 11.1 Å². The molecular formula is C11H11BrO4. The summed E-state index contributed by atoms with van der Waals surface area (Å²) in [5.74, 6) is -1.39. The summed E-state index contributed by atoms with van der Waals surface area (Å²) in [5.41, 5.74) is 0.811. The van der Waals surface area contributed by atoms with Crippen molar-refractivity contribution in [3.05, 3.63) is 35.4 Å². The summed E-state index contributed by atoms with van der Waals surface area (Å²) in [6.07, 6.45) is -1.47. The van der Waals surface area contributed by atoms with E-state index in [1.54, 1.807) is 18.2 Å². The minimum Gasteiger partial charge on any atom is -0.479 e. The SMILES string of the molecule is O=C(CBr)Cc1ccccc1C(O)C(=O)O. The van der Waals surface area contributed by atoms with Crippen molar-refractivity contribution in [3.63, 3.8) is 0 Å². The Balaban J connectivity index is 3.00. The summed E-state index contributed by atoms with van der Waals surface area (Å²) in [7, 11) is 0. The first-order valence-corrected chi connectivity index (χ1v) is 5.74. The summed E-state index contributed by atoms with van der Waals surface area (Å²) < 4.78 is 0. The molecule has 0 heterocycles. The Morgan fingerprint density at radius 3 is 2.50 bits per heavy atom. The zero-order chi connectivity index (χ0) is 12.1. The number of benzene rings is 1. The third-order valence-electron chi connectivity index (χ3n) is 2.12. The van der Waals surface area contributed by atoms with Crippen LogP contribution in [-0.4, -0.2) is 27.3 Å². The lowest BCUT2D eigenvalue weighted by molar-refractivity contribution is -0.147. The molecule has 0 saturated carbocycles. The van der Waals surface area contributed by atoms with Gasteiger partial charge in [0, 0.05) is 6.42 Å². The average Bonchev–Trinajstić information content (AvgIpc) is 2.28. The van der Waals surface area contributed by atoms with Crippen molar-refractivity contribution >= 4 is 27.7 Å². The molecule has 0 aromatic heterocycles. The van der Waals surface area contributed by atoms with Gasteiger partial charge in [-0.25, -0.2) is 4.79 Å². The summed E-state index contributed by atoms with van der Waals surface area (Å²) in [5, 5.41) is 18.4. The van der Waals surface area contributed by atoms with Crippen molar-refractivity contribution < 1.29 is 19.8 Å². The lowest BCUT2D eigenvalue weighted by Gasteiger charge is -2.11. The number of carbonyl (C=O) groups is 2. The second-order valence-electron chi connectivity index (χ2n) is 3.29. The molecule has 1 rings (SSSR count). The number of carboxylic acid groups (broad SMARTS) is 1. The second kappa shape index (κ2) is 5.77. The number of alkyl halides is 1. The lowest BCUT2D eigenvalue weighted by atomic mass is 9.99. The van der Waals surface area contributed by atoms with Crippen LogP contribution in [0, 0.1) is 0 Å². The molecule has 0 aliphatic rings. The van der Waals surface area contributed by atoms with Gasteiger partial charge in [-0.1, -0.05) is 40.2 Å². The molecule has 1 aromatic rings. The van der Waals surface area contributed by atoms with Crippen LogP contribution in [-0.2, 0) is 16.0 Å². The highest BCUT2D eigenvalue weighted by Gasteiger charge is 2.19. The number of halogens is 1. The Bertz CT molecular complexity index is 403. The number of rotatable bonds is 5. The van der Waals surface area contributed by atoms with E-state index in [0.717, 1.165) is 0 Å². The first-order chi connectivity index (χ1) is 7.56. The van der Waals surface area contributed by atoms with Crippen molar-refractivity contribution in [3.8, 4) is 0 Å². The monoisotopic (exact) mass is 286 g/mol. The second-order valence-corrected chi connectivity index (χ2v) is 3.85. The van der Waals surface area contributed by atoms with Gasteiger partial charge in [-0.3, -0.25) is 4.79 Å². The molecular weight excluding hydrogens is 276 g/mol. The zero-order valence-electron chi connectivity index (χ0n) is 8.39. The van der Waals surface area contributed by atoms with E-state index in [1.165, 1.54) is 6.07 Å². The van der Waals surface area contributed by atoms with Gasteiger partial charge in [0.25, 0.3) is 0 Å². The highest BCUT2D eigenvalue weighted by molar-refractivity contribution is 9.09. The molecule has 2 N–H and O–H groups in total. The lowest BCUT2D eigenvalue weighted by Crippen LogP contribution is -2.14. The van der Waals surface area contributed by atoms with Crippen molar-refractivity contribution in [1.82, 2.24) is 0 Å². The Kier molecular flexibility index (Phi) is 4.64. The highest BCUT2D eigenvalue weighted by atomic mass is 79.9. The molecule has 1 aromatic carbocycles. The Labute approximate surface area is 101 Å². The van der Waals surface area contributed by atoms with E-state index in [0.29, 0.717) is 5.56 Å². The largest absolute Gasteiger partial charge is 0.479 e. The predicted octanol–water partition coefficient (Wildman–Crippen LogP) is 1.31. The smallest absolute Gasteiger partial charge is 0.337 e. The molecule has 0 spiro atoms. The van der Waals surface area contributed by atoms with Crippen LogP contribution in [0.15, 0.2) is 24.3 Å². The fraction of sp³-hybridized carbons (Fsp3) is 0.273. The number of hydrogen-bond donors (Lipinski definition) is 2. The van der Waals surface area contributed by atoms with Gasteiger partial charge in [0.05, 0.1) is 5.33 Å². The van der Waals surface area contributed by atoms with Crippen LogP contribution in [0.25, 0.3) is 0 Å². The standard InChI is InChI=1S/C11H11BrO4/c12-6-8(13)5-7-3-1-2-4-9(7)10(14)11(15)16/h1-4,10,14H,5-6H2,(H,15,16). The maximum Gasteiger partial charge on any atom is 0.337 e. The third kappa shape index (κ3) is 3.15. The van der Waals surface area contributed by atoms with E-state index >= 15 is 0 Å². The van der Waals surface area contributed by atoms with E-state index < -0.39 is 12.1 Å². The molecule has 0 aliphatic carbocycles. The quantitative estimate of drug-likeness (QED) is 0.801. The van der Waals surface area contributed by atoms with Crippen LogP contribution >= 0.6 is 15.9 Å². The van der Waals surface area contributed by atoms with E-state index in [4.69, 9.17) is 5.11 Å². The van der Waals surface area contributed by atoms with Gasteiger partial charge in [-0.2, -0.15) is 0 Å². The number of hydrogen-bond acceptors (Lipinski definition) is 3. The van der Waals surface area contributed by atoms with Gasteiger partial charge in [-0.15, -0.1) is 0 Å². The molecule has 4 nitrogen and oxygen atoms in total. The molecule has 0 saturated heterocycles. The minimum absolute atomic E-state index is 0.0648. The number of carboxylic acids is 1. The first kappa shape index (κ1) is 12.9. The number of aliphatic hydroxyl groups excluding tert-OH is 1. The van der Waals surface area contributed by atoms with Crippen LogP contribution in [0.5, 0.6) is 0 Å². The van der Waals surface area contributed by atoms with Crippen LogP contribution in [0.1, 0.15) is 17.2 Å². The topological polar surface area (TPSA) is 74.6 Å². The molecule has 0 bridgehead atoms. The molecule has 0 aliphatic heterocycles. The van der Waals surface area contributed by atoms with Crippen LogP contribution < -0.4 is 0 Å². The van der Waals surface area contributed by atoms with Crippen molar-refractivity contribution in [1.29, 1.82) is 0 Å². The normalized spacial score (nSPS) is 12.1. The molecule has 1 atom stereocenters. The number of ketones is 1. The van der Waals surface area contributed by atoms with Gasteiger partial charge in [0.1, 0.15) is 5.78 Å². The van der Waals surface area contributed by atoms with Gasteiger partial charge < -0.3 is 10.2 Å². The van der Waals surface area contributed by atoms with Gasteiger partial charge >= 0.3 is 5.97 Å². The van der Waals surface area contributed by atoms with Crippen LogP contribution in [0.4, 0.5) is 0 Å². The summed E-state index contributed by atoms with van der Waals surface area (Å²) in [4.78, 5) is 21.9. The fourth-order valence-electron chi connectivity index (χ4n) is 1.35. The molecule has 16 heavy (non-hydrogen) atoms. The summed E-state index contributed by atoms with van der Waals surface area (Å²) >= 11 is 3.03. The maximum atomic E-state index is 11.2. The maximum absolute atomic E-state index is 11.2. The fourth-order valence-corrected chi connectivity index (χ4v) is 1.55. The van der Waals surface area contributed by atoms with E-state index in [9.17, 15) is 14.7 Å². The van der Waals surface area contributed by atoms with Gasteiger partial charge in [0.15, 0.2) is 6.10 Å². The minimum atomic E-state index is -1.58. The van der Waals surface area contributed by atoms with E-state index in [2.05, 4.69) is 15.9 Å². The Morgan fingerprint density at radius 1 is 1.31 bits per heavy atom. The van der Waals surface area contributed by atoms with Crippen molar-refractivity contribution in [2.75, 3.05) is 5.33 Å². The average molecular weight is 287 g/mol. The summed E-state index contributed by atoms with van der Waals surface area (Å²) in [6, 6.07) is 6.48. The van der Waals surface area contributed by atoms with E-state index in [1.807, 2.05) is 0 Å². The van der Waals surface area contributed by atoms with E-state index in [-0.39, 0.29) is 23.1 Å². The number of Topliss-reactive ketones (excluding diaryl/α,β-unsaturated/α-hetero) is 1. The zero-order valence-corrected chi connectivity index (χ0v) is 9.98. The predicted molar refractivity (Wildman–Crippen MR) is 61.5 cm³/mol. The molecule has 0 fully saturated rings. The van der Waals surface area contributed by atoms with Crippen molar-refractivity contribution in [2.24, 2.45) is 0 Å². The number of aliphatic hydroxyl groups is 1. The molecule has 5 heteroatoms.